The molecule has 14 heavy (non-hydrogen) atoms. The van der Waals surface area contributed by atoms with Crippen molar-refractivity contribution in [3.8, 4) is 0 Å². The van der Waals surface area contributed by atoms with E-state index in [-0.39, 0.29) is 0 Å². The van der Waals surface area contributed by atoms with Crippen molar-refractivity contribution in [2.24, 2.45) is 0 Å². The molecular weight excluding hydrogens is 209 g/mol. The molecule has 0 aliphatic rings. The van der Waals surface area contributed by atoms with E-state index in [2.05, 4.69) is 6.58 Å². The van der Waals surface area contributed by atoms with Crippen LogP contribution in [0.15, 0.2) is 40.6 Å². The molecule has 0 aromatic heterocycles. The fourth-order valence-electron chi connectivity index (χ4n) is 0.913. The number of benzene rings is 1. The van der Waals surface area contributed by atoms with Crippen LogP contribution in [0.25, 0.3) is 0 Å². The summed E-state index contributed by atoms with van der Waals surface area (Å²) in [7, 11) is 0. The van der Waals surface area contributed by atoms with Gasteiger partial charge in [0.1, 0.15) is 0 Å². The van der Waals surface area contributed by atoms with E-state index < -0.39 is 11.7 Å². The maximum Gasteiger partial charge on any atom is 0.416 e. The standard InChI is InChI=1S/C10H9F3S/c1-7(2)14-9-5-3-8(4-6-9)10(11,12)13/h3-6H,1H2,2H3. The normalized spacial score (nSPS) is 11.4. The van der Waals surface area contributed by atoms with Gasteiger partial charge in [0.2, 0.25) is 0 Å². The summed E-state index contributed by atoms with van der Waals surface area (Å²) >= 11 is 1.36. The fraction of sp³-hybridized carbons (Fsp3) is 0.200. The van der Waals surface area contributed by atoms with E-state index in [1.54, 1.807) is 0 Å². The molecule has 0 atom stereocenters. The highest BCUT2D eigenvalue weighted by Crippen LogP contribution is 2.31. The summed E-state index contributed by atoms with van der Waals surface area (Å²) in [4.78, 5) is 1.62. The van der Waals surface area contributed by atoms with Gasteiger partial charge in [0.15, 0.2) is 0 Å². The molecule has 4 heteroatoms. The highest BCUT2D eigenvalue weighted by Gasteiger charge is 2.29. The van der Waals surface area contributed by atoms with Crippen LogP contribution in [0, 0.1) is 0 Å². The van der Waals surface area contributed by atoms with E-state index in [0.717, 1.165) is 21.9 Å². The molecule has 1 aromatic rings. The van der Waals surface area contributed by atoms with Gasteiger partial charge in [-0.2, -0.15) is 13.2 Å². The minimum atomic E-state index is -4.26. The highest BCUT2D eigenvalue weighted by atomic mass is 32.2. The molecule has 1 rings (SSSR count). The maximum absolute atomic E-state index is 12.2. The van der Waals surface area contributed by atoms with Gasteiger partial charge in [-0.3, -0.25) is 0 Å². The van der Waals surface area contributed by atoms with Gasteiger partial charge < -0.3 is 0 Å². The Morgan fingerprint density at radius 3 is 2.07 bits per heavy atom. The van der Waals surface area contributed by atoms with Crippen molar-refractivity contribution in [1.29, 1.82) is 0 Å². The average Bonchev–Trinajstić information content (AvgIpc) is 2.02. The zero-order valence-corrected chi connectivity index (χ0v) is 8.38. The summed E-state index contributed by atoms with van der Waals surface area (Å²) < 4.78 is 36.5. The molecule has 0 aliphatic carbocycles. The summed E-state index contributed by atoms with van der Waals surface area (Å²) in [5, 5.41) is 0. The first kappa shape index (κ1) is 11.2. The van der Waals surface area contributed by atoms with E-state index in [9.17, 15) is 13.2 Å². The van der Waals surface area contributed by atoms with Crippen molar-refractivity contribution >= 4 is 11.8 Å². The Bertz CT molecular complexity index is 324. The van der Waals surface area contributed by atoms with E-state index in [1.807, 2.05) is 6.92 Å². The molecule has 0 unspecified atom stereocenters. The van der Waals surface area contributed by atoms with Crippen LogP contribution in [-0.2, 0) is 6.18 Å². The van der Waals surface area contributed by atoms with Gasteiger partial charge in [0, 0.05) is 4.90 Å². The SMILES string of the molecule is C=C(C)Sc1ccc(C(F)(F)F)cc1. The summed E-state index contributed by atoms with van der Waals surface area (Å²) in [6.45, 7) is 5.47. The first-order valence-electron chi connectivity index (χ1n) is 3.90. The Kier molecular flexibility index (Phi) is 3.26. The zero-order valence-electron chi connectivity index (χ0n) is 7.56. The van der Waals surface area contributed by atoms with Crippen molar-refractivity contribution in [2.45, 2.75) is 18.0 Å². The first-order chi connectivity index (χ1) is 6.39. The predicted octanol–water partition coefficient (Wildman–Crippen LogP) is 4.33. The highest BCUT2D eigenvalue weighted by molar-refractivity contribution is 8.03. The molecule has 76 valence electrons. The van der Waals surface area contributed by atoms with Gasteiger partial charge >= 0.3 is 6.18 Å². The maximum atomic E-state index is 12.2. The number of hydrogen-bond acceptors (Lipinski definition) is 1. The van der Waals surface area contributed by atoms with Crippen LogP contribution in [0.4, 0.5) is 13.2 Å². The lowest BCUT2D eigenvalue weighted by Gasteiger charge is -2.06. The van der Waals surface area contributed by atoms with Gasteiger partial charge in [-0.15, -0.1) is 0 Å². The smallest absolute Gasteiger partial charge is 0.166 e. The topological polar surface area (TPSA) is 0 Å². The third-order valence-electron chi connectivity index (χ3n) is 1.47. The van der Waals surface area contributed by atoms with Gasteiger partial charge in [0.25, 0.3) is 0 Å². The Labute approximate surface area is 84.8 Å². The first-order valence-corrected chi connectivity index (χ1v) is 4.72. The summed E-state index contributed by atoms with van der Waals surface area (Å²) in [6.07, 6.45) is -4.26. The number of hydrogen-bond donors (Lipinski definition) is 0. The molecule has 1 aromatic carbocycles. The van der Waals surface area contributed by atoms with Crippen LogP contribution in [0.1, 0.15) is 12.5 Å². The third kappa shape index (κ3) is 3.10. The Morgan fingerprint density at radius 1 is 1.21 bits per heavy atom. The van der Waals surface area contributed by atoms with Crippen LogP contribution < -0.4 is 0 Å². The molecule has 0 N–H and O–H groups in total. The van der Waals surface area contributed by atoms with Crippen LogP contribution in [0.2, 0.25) is 0 Å². The molecular formula is C10H9F3S. The van der Waals surface area contributed by atoms with Gasteiger partial charge in [-0.25, -0.2) is 0 Å². The molecule has 0 saturated carbocycles. The number of thioether (sulfide) groups is 1. The number of rotatable bonds is 2. The number of alkyl halides is 3. The summed E-state index contributed by atoms with van der Waals surface area (Å²) in [5.41, 5.74) is -0.622. The van der Waals surface area contributed by atoms with Crippen molar-refractivity contribution in [1.82, 2.24) is 0 Å². The van der Waals surface area contributed by atoms with Gasteiger partial charge in [0.05, 0.1) is 5.56 Å². The molecule has 0 spiro atoms. The lowest BCUT2D eigenvalue weighted by atomic mass is 10.2. The molecule has 0 radical (unpaired) electrons. The zero-order chi connectivity index (χ0) is 10.8. The molecule has 0 fully saturated rings. The monoisotopic (exact) mass is 218 g/mol. The van der Waals surface area contributed by atoms with Crippen LogP contribution in [-0.4, -0.2) is 0 Å². The second-order valence-electron chi connectivity index (χ2n) is 2.83. The largest absolute Gasteiger partial charge is 0.416 e. The van der Waals surface area contributed by atoms with Crippen LogP contribution >= 0.6 is 11.8 Å². The molecule has 0 amide bonds. The third-order valence-corrected chi connectivity index (χ3v) is 2.33. The van der Waals surface area contributed by atoms with E-state index >= 15 is 0 Å². The van der Waals surface area contributed by atoms with Crippen molar-refractivity contribution in [3.05, 3.63) is 41.3 Å². The quantitative estimate of drug-likeness (QED) is 0.666. The lowest BCUT2D eigenvalue weighted by Crippen LogP contribution is -2.03. The fourth-order valence-corrected chi connectivity index (χ4v) is 1.59. The van der Waals surface area contributed by atoms with Crippen molar-refractivity contribution < 1.29 is 13.2 Å². The Balaban J connectivity index is 2.84. The van der Waals surface area contributed by atoms with E-state index in [4.69, 9.17) is 0 Å². The minimum absolute atomic E-state index is 0.622. The molecule has 0 nitrogen and oxygen atoms in total. The van der Waals surface area contributed by atoms with E-state index in [1.165, 1.54) is 23.9 Å². The molecule has 0 bridgehead atoms. The number of allylic oxidation sites excluding steroid dienone is 1. The van der Waals surface area contributed by atoms with Crippen molar-refractivity contribution in [2.75, 3.05) is 0 Å². The average molecular weight is 218 g/mol. The van der Waals surface area contributed by atoms with Gasteiger partial charge in [-0.05, 0) is 36.1 Å². The Hall–Kier alpha value is -0.900. The summed E-state index contributed by atoms with van der Waals surface area (Å²) in [5.74, 6) is 0. The number of halogens is 3. The van der Waals surface area contributed by atoms with E-state index in [0.29, 0.717) is 0 Å². The second-order valence-corrected chi connectivity index (χ2v) is 4.20. The van der Waals surface area contributed by atoms with Crippen LogP contribution in [0.5, 0.6) is 0 Å². The summed E-state index contributed by atoms with van der Waals surface area (Å²) in [6, 6.07) is 5.04. The molecule has 0 saturated heterocycles. The molecule has 0 aliphatic heterocycles. The Morgan fingerprint density at radius 2 is 1.71 bits per heavy atom. The minimum Gasteiger partial charge on any atom is -0.166 e. The lowest BCUT2D eigenvalue weighted by molar-refractivity contribution is -0.137. The van der Waals surface area contributed by atoms with Gasteiger partial charge in [-0.1, -0.05) is 18.3 Å². The second kappa shape index (κ2) is 4.09. The predicted molar refractivity (Wildman–Crippen MR) is 52.1 cm³/mol. The molecule has 0 heterocycles. The van der Waals surface area contributed by atoms with Crippen molar-refractivity contribution in [3.63, 3.8) is 0 Å². The van der Waals surface area contributed by atoms with Crippen LogP contribution in [0.3, 0.4) is 0 Å².